The number of ketones is 1. The molecular formula is C12H16N2O2. The number of nitrogens with zero attached hydrogens (tertiary/aromatic N) is 1. The zero-order valence-corrected chi connectivity index (χ0v) is 9.19. The Morgan fingerprint density at radius 1 is 1.38 bits per heavy atom. The zero-order valence-electron chi connectivity index (χ0n) is 9.19. The lowest BCUT2D eigenvalue weighted by Crippen LogP contribution is -2.41. The average Bonchev–Trinajstić information content (AvgIpc) is 2.94. The standard InChI is InChI=1S/C12H16N2O2/c15-10-7-14(9-5-6-13-11(9)10)12(16)8-3-1-2-4-8/h1-2,8-9,11,13H,3-7H2. The van der Waals surface area contributed by atoms with Crippen molar-refractivity contribution in [2.24, 2.45) is 5.92 Å². The SMILES string of the molecule is O=C1CN(C(=O)C2CC=CC2)C2CCNC12. The van der Waals surface area contributed by atoms with Crippen LogP contribution < -0.4 is 5.32 Å². The number of carbonyl (C=O) groups is 2. The summed E-state index contributed by atoms with van der Waals surface area (Å²) in [6.07, 6.45) is 6.72. The lowest BCUT2D eigenvalue weighted by atomic mass is 10.0. The summed E-state index contributed by atoms with van der Waals surface area (Å²) in [5.74, 6) is 0.448. The molecule has 2 saturated heterocycles. The number of hydrogen-bond donors (Lipinski definition) is 1. The summed E-state index contributed by atoms with van der Waals surface area (Å²) in [5, 5.41) is 3.18. The average molecular weight is 220 g/mol. The Morgan fingerprint density at radius 2 is 2.12 bits per heavy atom. The topological polar surface area (TPSA) is 49.4 Å². The molecule has 3 aliphatic rings. The van der Waals surface area contributed by atoms with Crippen LogP contribution in [0.15, 0.2) is 12.2 Å². The molecule has 0 aromatic rings. The predicted octanol–water partition coefficient (Wildman–Crippen LogP) is 0.0944. The Labute approximate surface area is 94.7 Å². The first kappa shape index (κ1) is 10.0. The molecule has 0 aromatic heterocycles. The van der Waals surface area contributed by atoms with Crippen LogP contribution >= 0.6 is 0 Å². The van der Waals surface area contributed by atoms with Crippen LogP contribution in [0, 0.1) is 5.92 Å². The fourth-order valence-electron chi connectivity index (χ4n) is 3.03. The first-order valence-corrected chi connectivity index (χ1v) is 5.99. The van der Waals surface area contributed by atoms with E-state index < -0.39 is 0 Å². The van der Waals surface area contributed by atoms with Gasteiger partial charge >= 0.3 is 0 Å². The van der Waals surface area contributed by atoms with E-state index in [1.54, 1.807) is 0 Å². The number of nitrogens with one attached hydrogen (secondary N) is 1. The number of rotatable bonds is 1. The lowest BCUT2D eigenvalue weighted by molar-refractivity contribution is -0.137. The first-order valence-electron chi connectivity index (χ1n) is 5.99. The van der Waals surface area contributed by atoms with Crippen molar-refractivity contribution in [3.63, 3.8) is 0 Å². The Morgan fingerprint density at radius 3 is 2.88 bits per heavy atom. The molecule has 2 unspecified atom stereocenters. The summed E-state index contributed by atoms with van der Waals surface area (Å²) >= 11 is 0. The highest BCUT2D eigenvalue weighted by molar-refractivity contribution is 5.95. The van der Waals surface area contributed by atoms with Crippen molar-refractivity contribution in [1.82, 2.24) is 10.2 Å². The minimum atomic E-state index is -0.0849. The molecule has 3 rings (SSSR count). The van der Waals surface area contributed by atoms with Crippen LogP contribution in [0.4, 0.5) is 0 Å². The summed E-state index contributed by atoms with van der Waals surface area (Å²) in [6.45, 7) is 1.17. The Balaban J connectivity index is 1.75. The summed E-state index contributed by atoms with van der Waals surface area (Å²) in [6, 6.07) is 0.0407. The van der Waals surface area contributed by atoms with Crippen molar-refractivity contribution in [1.29, 1.82) is 0 Å². The van der Waals surface area contributed by atoms with Crippen molar-refractivity contribution >= 4 is 11.7 Å². The molecule has 16 heavy (non-hydrogen) atoms. The van der Waals surface area contributed by atoms with Gasteiger partial charge in [-0.05, 0) is 25.8 Å². The van der Waals surface area contributed by atoms with Gasteiger partial charge in [0.1, 0.15) is 0 Å². The minimum Gasteiger partial charge on any atom is -0.330 e. The number of hydrogen-bond acceptors (Lipinski definition) is 3. The van der Waals surface area contributed by atoms with Crippen LogP contribution in [0.1, 0.15) is 19.3 Å². The second kappa shape index (κ2) is 3.70. The smallest absolute Gasteiger partial charge is 0.227 e. The molecule has 0 radical (unpaired) electrons. The van der Waals surface area contributed by atoms with E-state index in [0.717, 1.165) is 25.8 Å². The molecule has 1 amide bonds. The van der Waals surface area contributed by atoms with Crippen molar-refractivity contribution in [2.75, 3.05) is 13.1 Å². The summed E-state index contributed by atoms with van der Waals surface area (Å²) in [4.78, 5) is 25.8. The largest absolute Gasteiger partial charge is 0.330 e. The summed E-state index contributed by atoms with van der Waals surface area (Å²) < 4.78 is 0. The zero-order chi connectivity index (χ0) is 11.1. The number of Topliss-reactive ketones (excluding diaryl/α,β-unsaturated/α-hetero) is 1. The third-order valence-corrected chi connectivity index (χ3v) is 3.90. The molecule has 0 spiro atoms. The molecule has 0 bridgehead atoms. The van der Waals surface area contributed by atoms with Gasteiger partial charge < -0.3 is 10.2 Å². The number of likely N-dealkylation sites (tertiary alicyclic amines) is 1. The van der Waals surface area contributed by atoms with Gasteiger partial charge in [0.2, 0.25) is 5.91 Å². The number of fused-ring (bicyclic) bond motifs is 1. The van der Waals surface area contributed by atoms with Gasteiger partial charge in [0, 0.05) is 5.92 Å². The van der Waals surface area contributed by atoms with Crippen LogP contribution in [0.5, 0.6) is 0 Å². The number of amides is 1. The monoisotopic (exact) mass is 220 g/mol. The maximum atomic E-state index is 12.2. The molecule has 0 aromatic carbocycles. The molecule has 2 heterocycles. The van der Waals surface area contributed by atoms with Crippen LogP contribution in [0.3, 0.4) is 0 Å². The number of allylic oxidation sites excluding steroid dienone is 2. The quantitative estimate of drug-likeness (QED) is 0.637. The fraction of sp³-hybridized carbons (Fsp3) is 0.667. The number of carbonyl (C=O) groups excluding carboxylic acids is 2. The van der Waals surface area contributed by atoms with E-state index in [1.165, 1.54) is 0 Å². The van der Waals surface area contributed by atoms with Gasteiger partial charge in [0.15, 0.2) is 5.78 Å². The molecular weight excluding hydrogens is 204 g/mol. The van der Waals surface area contributed by atoms with E-state index >= 15 is 0 Å². The Hall–Kier alpha value is -1.16. The fourth-order valence-corrected chi connectivity index (χ4v) is 3.03. The van der Waals surface area contributed by atoms with E-state index in [1.807, 2.05) is 4.90 Å². The van der Waals surface area contributed by atoms with Gasteiger partial charge in [-0.25, -0.2) is 0 Å². The van der Waals surface area contributed by atoms with Crippen molar-refractivity contribution < 1.29 is 9.59 Å². The van der Waals surface area contributed by atoms with Crippen LogP contribution in [-0.4, -0.2) is 41.8 Å². The second-order valence-corrected chi connectivity index (χ2v) is 4.86. The molecule has 1 aliphatic carbocycles. The van der Waals surface area contributed by atoms with Crippen LogP contribution in [-0.2, 0) is 9.59 Å². The van der Waals surface area contributed by atoms with Crippen molar-refractivity contribution in [3.8, 4) is 0 Å². The van der Waals surface area contributed by atoms with Crippen molar-refractivity contribution in [3.05, 3.63) is 12.2 Å². The van der Waals surface area contributed by atoms with Crippen LogP contribution in [0.2, 0.25) is 0 Å². The Bertz CT molecular complexity index is 356. The van der Waals surface area contributed by atoms with E-state index in [4.69, 9.17) is 0 Å². The Kier molecular flexibility index (Phi) is 2.32. The van der Waals surface area contributed by atoms with E-state index in [-0.39, 0.29) is 29.7 Å². The molecule has 4 nitrogen and oxygen atoms in total. The predicted molar refractivity (Wildman–Crippen MR) is 58.8 cm³/mol. The molecule has 2 aliphatic heterocycles. The summed E-state index contributed by atoms with van der Waals surface area (Å²) in [7, 11) is 0. The van der Waals surface area contributed by atoms with Gasteiger partial charge in [0.05, 0.1) is 18.6 Å². The van der Waals surface area contributed by atoms with E-state index in [2.05, 4.69) is 17.5 Å². The highest BCUT2D eigenvalue weighted by Crippen LogP contribution is 2.28. The molecule has 0 saturated carbocycles. The molecule has 1 N–H and O–H groups in total. The molecule has 2 fully saturated rings. The van der Waals surface area contributed by atoms with E-state index in [0.29, 0.717) is 6.54 Å². The highest BCUT2D eigenvalue weighted by atomic mass is 16.2. The second-order valence-electron chi connectivity index (χ2n) is 4.86. The highest BCUT2D eigenvalue weighted by Gasteiger charge is 2.46. The minimum absolute atomic E-state index is 0.0849. The third kappa shape index (κ3) is 1.40. The van der Waals surface area contributed by atoms with E-state index in [9.17, 15) is 9.59 Å². The van der Waals surface area contributed by atoms with Gasteiger partial charge in [-0.1, -0.05) is 12.2 Å². The van der Waals surface area contributed by atoms with Gasteiger partial charge in [0.25, 0.3) is 0 Å². The van der Waals surface area contributed by atoms with Crippen molar-refractivity contribution in [2.45, 2.75) is 31.3 Å². The first-order chi connectivity index (χ1) is 7.77. The van der Waals surface area contributed by atoms with Crippen LogP contribution in [0.25, 0.3) is 0 Å². The van der Waals surface area contributed by atoms with Gasteiger partial charge in [-0.3, -0.25) is 9.59 Å². The molecule has 2 atom stereocenters. The normalized spacial score (nSPS) is 33.8. The maximum absolute atomic E-state index is 12.2. The summed E-state index contributed by atoms with van der Waals surface area (Å²) in [5.41, 5.74) is 0. The molecule has 86 valence electrons. The van der Waals surface area contributed by atoms with Gasteiger partial charge in [-0.2, -0.15) is 0 Å². The lowest BCUT2D eigenvalue weighted by Gasteiger charge is -2.25. The molecule has 4 heteroatoms. The third-order valence-electron chi connectivity index (χ3n) is 3.90. The van der Waals surface area contributed by atoms with Gasteiger partial charge in [-0.15, -0.1) is 0 Å². The maximum Gasteiger partial charge on any atom is 0.227 e.